The summed E-state index contributed by atoms with van der Waals surface area (Å²) in [6.45, 7) is 3.26. The summed E-state index contributed by atoms with van der Waals surface area (Å²) in [6, 6.07) is 0.756. The van der Waals surface area contributed by atoms with Crippen molar-refractivity contribution >= 4 is 0 Å². The van der Waals surface area contributed by atoms with Gasteiger partial charge in [-0.25, -0.2) is 0 Å². The molecule has 1 heterocycles. The molecule has 1 aromatic heterocycles. The van der Waals surface area contributed by atoms with Gasteiger partial charge in [0.15, 0.2) is 5.82 Å². The van der Waals surface area contributed by atoms with Crippen molar-refractivity contribution in [3.05, 3.63) is 11.7 Å². The Morgan fingerprint density at radius 1 is 1.16 bits per heavy atom. The fraction of sp³-hybridized carbons (Fsp3) is 0.867. The van der Waals surface area contributed by atoms with E-state index in [0.717, 1.165) is 36.6 Å². The van der Waals surface area contributed by atoms with Crippen molar-refractivity contribution in [1.29, 1.82) is 0 Å². The Hall–Kier alpha value is -0.900. The molecule has 2 fully saturated rings. The normalized spacial score (nSPS) is 27.6. The largest absolute Gasteiger partial charge is 0.339 e. The third-order valence-corrected chi connectivity index (χ3v) is 4.62. The summed E-state index contributed by atoms with van der Waals surface area (Å²) in [6.07, 6.45) is 9.97. The molecule has 1 N–H and O–H groups in total. The molecule has 2 aliphatic carbocycles. The van der Waals surface area contributed by atoms with Crippen molar-refractivity contribution in [3.63, 3.8) is 0 Å². The molecule has 2 saturated carbocycles. The predicted octanol–water partition coefficient (Wildman–Crippen LogP) is 3.05. The lowest BCUT2D eigenvalue weighted by atomic mass is 9.80. The van der Waals surface area contributed by atoms with Gasteiger partial charge in [0.25, 0.3) is 0 Å². The first-order chi connectivity index (χ1) is 9.35. The van der Waals surface area contributed by atoms with E-state index in [1.54, 1.807) is 0 Å². The molecule has 0 aromatic carbocycles. The van der Waals surface area contributed by atoms with Crippen LogP contribution in [0.3, 0.4) is 0 Å². The first-order valence-electron chi connectivity index (χ1n) is 7.91. The van der Waals surface area contributed by atoms with E-state index in [2.05, 4.69) is 22.4 Å². The van der Waals surface area contributed by atoms with Crippen LogP contribution in [0.5, 0.6) is 0 Å². The Labute approximate surface area is 115 Å². The third kappa shape index (κ3) is 3.56. The maximum absolute atomic E-state index is 5.37. The van der Waals surface area contributed by atoms with Gasteiger partial charge in [-0.2, -0.15) is 4.98 Å². The average molecular weight is 263 g/mol. The molecule has 0 aliphatic heterocycles. The van der Waals surface area contributed by atoms with E-state index in [-0.39, 0.29) is 0 Å². The van der Waals surface area contributed by atoms with Gasteiger partial charge in [-0.3, -0.25) is 0 Å². The Bertz CT molecular complexity index is 392. The fourth-order valence-corrected chi connectivity index (χ4v) is 3.03. The molecule has 3 rings (SSSR count). The van der Waals surface area contributed by atoms with Gasteiger partial charge in [-0.1, -0.05) is 18.5 Å². The second-order valence-electron chi connectivity index (χ2n) is 6.15. The molecular weight excluding hydrogens is 238 g/mol. The van der Waals surface area contributed by atoms with Crippen LogP contribution in [0.4, 0.5) is 0 Å². The molecule has 0 saturated heterocycles. The van der Waals surface area contributed by atoms with Gasteiger partial charge in [0.05, 0.1) is 0 Å². The van der Waals surface area contributed by atoms with Crippen LogP contribution in [-0.4, -0.2) is 22.7 Å². The molecule has 0 atom stereocenters. The average Bonchev–Trinajstić information content (AvgIpc) is 3.15. The molecule has 2 aliphatic rings. The zero-order valence-corrected chi connectivity index (χ0v) is 11.9. The minimum Gasteiger partial charge on any atom is -0.339 e. The van der Waals surface area contributed by atoms with Crippen LogP contribution < -0.4 is 5.32 Å². The predicted molar refractivity (Wildman–Crippen MR) is 74.0 cm³/mol. The SMILES string of the molecule is CCC1CCC(c2noc(CCNC3CC3)n2)CC1. The zero-order chi connectivity index (χ0) is 13.1. The van der Waals surface area contributed by atoms with Crippen molar-refractivity contribution in [1.82, 2.24) is 15.5 Å². The summed E-state index contributed by atoms with van der Waals surface area (Å²) in [5.74, 6) is 3.22. The smallest absolute Gasteiger partial charge is 0.227 e. The van der Waals surface area contributed by atoms with Crippen molar-refractivity contribution < 1.29 is 4.52 Å². The van der Waals surface area contributed by atoms with E-state index in [1.165, 1.54) is 44.9 Å². The topological polar surface area (TPSA) is 51.0 Å². The van der Waals surface area contributed by atoms with Crippen LogP contribution in [0.1, 0.15) is 69.5 Å². The van der Waals surface area contributed by atoms with Gasteiger partial charge < -0.3 is 9.84 Å². The molecule has 4 heteroatoms. The number of rotatable bonds is 6. The highest BCUT2D eigenvalue weighted by atomic mass is 16.5. The minimum atomic E-state index is 0.539. The number of nitrogens with zero attached hydrogens (tertiary/aromatic N) is 2. The maximum Gasteiger partial charge on any atom is 0.227 e. The zero-order valence-electron chi connectivity index (χ0n) is 11.9. The van der Waals surface area contributed by atoms with Crippen molar-refractivity contribution in [2.75, 3.05) is 6.54 Å². The second-order valence-corrected chi connectivity index (χ2v) is 6.15. The summed E-state index contributed by atoms with van der Waals surface area (Å²) < 4.78 is 5.37. The van der Waals surface area contributed by atoms with E-state index in [4.69, 9.17) is 4.52 Å². The molecule has 0 bridgehead atoms. The number of hydrogen-bond donors (Lipinski definition) is 1. The van der Waals surface area contributed by atoms with Gasteiger partial charge in [-0.15, -0.1) is 0 Å². The second kappa shape index (κ2) is 6.04. The third-order valence-electron chi connectivity index (χ3n) is 4.62. The van der Waals surface area contributed by atoms with E-state index < -0.39 is 0 Å². The monoisotopic (exact) mass is 263 g/mol. The molecule has 0 amide bonds. The number of hydrogen-bond acceptors (Lipinski definition) is 4. The van der Waals surface area contributed by atoms with Gasteiger partial charge in [0, 0.05) is 24.9 Å². The lowest BCUT2D eigenvalue weighted by Gasteiger charge is -2.25. The Kier molecular flexibility index (Phi) is 4.16. The van der Waals surface area contributed by atoms with Crippen molar-refractivity contribution in [3.8, 4) is 0 Å². The fourth-order valence-electron chi connectivity index (χ4n) is 3.03. The summed E-state index contributed by atoms with van der Waals surface area (Å²) in [5, 5.41) is 7.67. The quantitative estimate of drug-likeness (QED) is 0.857. The molecule has 106 valence electrons. The molecule has 0 unspecified atom stereocenters. The highest BCUT2D eigenvalue weighted by molar-refractivity contribution is 4.98. The van der Waals surface area contributed by atoms with Crippen molar-refractivity contribution in [2.24, 2.45) is 5.92 Å². The van der Waals surface area contributed by atoms with E-state index in [1.807, 2.05) is 0 Å². The van der Waals surface area contributed by atoms with Crippen LogP contribution in [0.25, 0.3) is 0 Å². The molecule has 0 radical (unpaired) electrons. The first kappa shape index (κ1) is 13.1. The highest BCUT2D eigenvalue weighted by Gasteiger charge is 2.25. The van der Waals surface area contributed by atoms with Gasteiger partial charge in [-0.05, 0) is 44.4 Å². The highest BCUT2D eigenvalue weighted by Crippen LogP contribution is 2.35. The Morgan fingerprint density at radius 3 is 2.63 bits per heavy atom. The van der Waals surface area contributed by atoms with Crippen LogP contribution in [-0.2, 0) is 6.42 Å². The van der Waals surface area contributed by atoms with Crippen LogP contribution in [0, 0.1) is 5.92 Å². The summed E-state index contributed by atoms with van der Waals surface area (Å²) in [4.78, 5) is 4.58. The molecule has 1 aromatic rings. The van der Waals surface area contributed by atoms with E-state index in [0.29, 0.717) is 5.92 Å². The van der Waals surface area contributed by atoms with Gasteiger partial charge in [0.1, 0.15) is 0 Å². The maximum atomic E-state index is 5.37. The summed E-state index contributed by atoms with van der Waals surface area (Å²) in [5.41, 5.74) is 0. The van der Waals surface area contributed by atoms with Crippen LogP contribution in [0.2, 0.25) is 0 Å². The van der Waals surface area contributed by atoms with Crippen molar-refractivity contribution in [2.45, 2.75) is 70.3 Å². The summed E-state index contributed by atoms with van der Waals surface area (Å²) >= 11 is 0. The number of aromatic nitrogens is 2. The van der Waals surface area contributed by atoms with Crippen LogP contribution >= 0.6 is 0 Å². The molecule has 19 heavy (non-hydrogen) atoms. The Balaban J connectivity index is 1.46. The van der Waals surface area contributed by atoms with Gasteiger partial charge >= 0.3 is 0 Å². The molecular formula is C15H25N3O. The summed E-state index contributed by atoms with van der Waals surface area (Å²) in [7, 11) is 0. The van der Waals surface area contributed by atoms with E-state index in [9.17, 15) is 0 Å². The first-order valence-corrected chi connectivity index (χ1v) is 7.91. The molecule has 4 nitrogen and oxygen atoms in total. The van der Waals surface area contributed by atoms with E-state index >= 15 is 0 Å². The van der Waals surface area contributed by atoms with Crippen LogP contribution in [0.15, 0.2) is 4.52 Å². The standard InChI is InChI=1S/C15H25N3O/c1-2-11-3-5-12(6-4-11)15-17-14(19-18-15)9-10-16-13-7-8-13/h11-13,16H,2-10H2,1H3. The van der Waals surface area contributed by atoms with Gasteiger partial charge in [0.2, 0.25) is 5.89 Å². The lowest BCUT2D eigenvalue weighted by molar-refractivity contribution is 0.303. The number of nitrogens with one attached hydrogen (secondary N) is 1. The minimum absolute atomic E-state index is 0.539. The lowest BCUT2D eigenvalue weighted by Crippen LogP contribution is -2.19. The molecule has 0 spiro atoms. The Morgan fingerprint density at radius 2 is 1.95 bits per heavy atom.